The zero-order valence-electron chi connectivity index (χ0n) is 12.6. The molecule has 0 aliphatic carbocycles. The molecule has 0 radical (unpaired) electrons. The highest BCUT2D eigenvalue weighted by molar-refractivity contribution is 5.70. The minimum absolute atomic E-state index is 0.321. The highest BCUT2D eigenvalue weighted by Gasteiger charge is 2.36. The van der Waals surface area contributed by atoms with E-state index in [0.29, 0.717) is 50.4 Å². The van der Waals surface area contributed by atoms with E-state index in [1.807, 2.05) is 12.1 Å². The average molecular weight is 304 g/mol. The summed E-state index contributed by atoms with van der Waals surface area (Å²) in [5, 5.41) is 11.0. The molecule has 0 bridgehead atoms. The Balaban J connectivity index is 1.79. The number of amides is 1. The van der Waals surface area contributed by atoms with Crippen LogP contribution in [0.25, 0.3) is 11.2 Å². The third-order valence-corrected chi connectivity index (χ3v) is 4.04. The number of fused-ring (bicyclic) bond motifs is 1. The maximum absolute atomic E-state index is 11.8. The number of aromatic amines is 1. The van der Waals surface area contributed by atoms with Crippen molar-refractivity contribution in [2.24, 2.45) is 0 Å². The van der Waals surface area contributed by atoms with Gasteiger partial charge >= 0.3 is 6.09 Å². The Hall–Kier alpha value is -2.15. The van der Waals surface area contributed by atoms with Crippen LogP contribution in [-0.4, -0.2) is 50.7 Å². The molecule has 2 aromatic heterocycles. The normalized spacial score (nSPS) is 22.5. The van der Waals surface area contributed by atoms with Crippen LogP contribution >= 0.6 is 0 Å². The summed E-state index contributed by atoms with van der Waals surface area (Å²) in [6, 6.07) is 3.70. The van der Waals surface area contributed by atoms with Crippen LogP contribution in [0.1, 0.15) is 32.0 Å². The second-order valence-corrected chi connectivity index (χ2v) is 5.53. The van der Waals surface area contributed by atoms with Crippen molar-refractivity contribution in [1.29, 1.82) is 0 Å². The molecule has 1 atom stereocenters. The van der Waals surface area contributed by atoms with Crippen LogP contribution in [0, 0.1) is 0 Å². The molecule has 0 aromatic carbocycles. The van der Waals surface area contributed by atoms with Gasteiger partial charge in [0.25, 0.3) is 0 Å². The summed E-state index contributed by atoms with van der Waals surface area (Å²) in [6.45, 7) is 3.17. The molecule has 118 valence electrons. The standard InChI is InChI=1S/C15H20N4O3/c1-2-22-14(20)19-9-4-6-15(21,7-10-19)13-17-11-5-3-8-16-12(11)18-13/h3,5,8,21H,2,4,6-7,9-10H2,1H3,(H,16,17,18). The molecule has 7 heteroatoms. The second kappa shape index (κ2) is 5.92. The van der Waals surface area contributed by atoms with Crippen LogP contribution in [-0.2, 0) is 10.3 Å². The van der Waals surface area contributed by atoms with Crippen molar-refractivity contribution in [3.05, 3.63) is 24.2 Å². The van der Waals surface area contributed by atoms with Crippen molar-refractivity contribution in [2.75, 3.05) is 19.7 Å². The summed E-state index contributed by atoms with van der Waals surface area (Å²) in [6.07, 6.45) is 3.01. The van der Waals surface area contributed by atoms with Crippen molar-refractivity contribution < 1.29 is 14.6 Å². The van der Waals surface area contributed by atoms with Gasteiger partial charge in [-0.2, -0.15) is 0 Å². The number of imidazole rings is 1. The maximum Gasteiger partial charge on any atom is 0.409 e. The number of carbonyl (C=O) groups excluding carboxylic acids is 1. The minimum Gasteiger partial charge on any atom is -0.450 e. The third-order valence-electron chi connectivity index (χ3n) is 4.04. The third kappa shape index (κ3) is 2.76. The molecule has 1 saturated heterocycles. The topological polar surface area (TPSA) is 91.3 Å². The van der Waals surface area contributed by atoms with E-state index in [1.165, 1.54) is 0 Å². The molecule has 7 nitrogen and oxygen atoms in total. The molecular formula is C15H20N4O3. The van der Waals surface area contributed by atoms with Gasteiger partial charge in [0.2, 0.25) is 0 Å². The number of carbonyl (C=O) groups is 1. The number of H-pyrrole nitrogens is 1. The molecule has 2 N–H and O–H groups in total. The van der Waals surface area contributed by atoms with Crippen molar-refractivity contribution in [1.82, 2.24) is 19.9 Å². The molecule has 1 amide bonds. The molecule has 1 unspecified atom stereocenters. The molecule has 1 aliphatic heterocycles. The Kier molecular flexibility index (Phi) is 3.98. The first kappa shape index (κ1) is 14.8. The molecular weight excluding hydrogens is 284 g/mol. The first-order chi connectivity index (χ1) is 10.6. The number of hydrogen-bond donors (Lipinski definition) is 2. The Labute approximate surface area is 128 Å². The fourth-order valence-corrected chi connectivity index (χ4v) is 2.82. The van der Waals surface area contributed by atoms with E-state index in [2.05, 4.69) is 15.0 Å². The summed E-state index contributed by atoms with van der Waals surface area (Å²) in [7, 11) is 0. The maximum atomic E-state index is 11.8. The van der Waals surface area contributed by atoms with Gasteiger partial charge in [-0.15, -0.1) is 0 Å². The van der Waals surface area contributed by atoms with Crippen LogP contribution in [0.5, 0.6) is 0 Å². The molecule has 1 aliphatic rings. The first-order valence-corrected chi connectivity index (χ1v) is 7.58. The predicted molar refractivity (Wildman–Crippen MR) is 80.2 cm³/mol. The van der Waals surface area contributed by atoms with Gasteiger partial charge in [-0.1, -0.05) is 0 Å². The SMILES string of the molecule is CCOC(=O)N1CCCC(O)(c2nc3ncccc3[nH]2)CC1. The van der Waals surface area contributed by atoms with Crippen molar-refractivity contribution in [3.63, 3.8) is 0 Å². The van der Waals surface area contributed by atoms with Crippen molar-refractivity contribution >= 4 is 17.3 Å². The summed E-state index contributed by atoms with van der Waals surface area (Å²) < 4.78 is 5.03. The number of likely N-dealkylation sites (tertiary alicyclic amines) is 1. The van der Waals surface area contributed by atoms with E-state index in [1.54, 1.807) is 18.0 Å². The Morgan fingerprint density at radius 3 is 3.14 bits per heavy atom. The van der Waals surface area contributed by atoms with Crippen molar-refractivity contribution in [2.45, 2.75) is 31.8 Å². The van der Waals surface area contributed by atoms with Gasteiger partial charge in [0.1, 0.15) is 11.4 Å². The number of aromatic nitrogens is 3. The van der Waals surface area contributed by atoms with Crippen LogP contribution in [0.15, 0.2) is 18.3 Å². The quantitative estimate of drug-likeness (QED) is 0.882. The summed E-state index contributed by atoms with van der Waals surface area (Å²) >= 11 is 0. The number of hydrogen-bond acceptors (Lipinski definition) is 5. The van der Waals surface area contributed by atoms with E-state index in [9.17, 15) is 9.90 Å². The smallest absolute Gasteiger partial charge is 0.409 e. The lowest BCUT2D eigenvalue weighted by Gasteiger charge is -2.24. The molecule has 3 rings (SSSR count). The van der Waals surface area contributed by atoms with Crippen LogP contribution < -0.4 is 0 Å². The number of nitrogens with one attached hydrogen (secondary N) is 1. The van der Waals surface area contributed by atoms with E-state index in [-0.39, 0.29) is 6.09 Å². The Morgan fingerprint density at radius 2 is 2.36 bits per heavy atom. The number of rotatable bonds is 2. The second-order valence-electron chi connectivity index (χ2n) is 5.53. The van der Waals surface area contributed by atoms with Gasteiger partial charge < -0.3 is 19.7 Å². The Morgan fingerprint density at radius 1 is 1.50 bits per heavy atom. The van der Waals surface area contributed by atoms with Gasteiger partial charge in [0, 0.05) is 25.7 Å². The number of ether oxygens (including phenoxy) is 1. The summed E-state index contributed by atoms with van der Waals surface area (Å²) in [5.74, 6) is 0.520. The highest BCUT2D eigenvalue weighted by Crippen LogP contribution is 2.32. The summed E-state index contributed by atoms with van der Waals surface area (Å²) in [4.78, 5) is 25.2. The van der Waals surface area contributed by atoms with Gasteiger partial charge in [0.15, 0.2) is 5.65 Å². The Bertz CT molecular complexity index is 639. The first-order valence-electron chi connectivity index (χ1n) is 7.58. The number of nitrogens with zero attached hydrogens (tertiary/aromatic N) is 3. The average Bonchev–Trinajstić information content (AvgIpc) is 2.85. The van der Waals surface area contributed by atoms with Gasteiger partial charge in [0.05, 0.1) is 12.1 Å². The van der Waals surface area contributed by atoms with E-state index >= 15 is 0 Å². The fraction of sp³-hybridized carbons (Fsp3) is 0.533. The lowest BCUT2D eigenvalue weighted by atomic mass is 9.94. The van der Waals surface area contributed by atoms with Gasteiger partial charge in [-0.3, -0.25) is 0 Å². The van der Waals surface area contributed by atoms with E-state index in [0.717, 1.165) is 5.52 Å². The molecule has 0 saturated carbocycles. The minimum atomic E-state index is -1.07. The lowest BCUT2D eigenvalue weighted by molar-refractivity contribution is 0.0133. The van der Waals surface area contributed by atoms with Crippen LogP contribution in [0.2, 0.25) is 0 Å². The van der Waals surface area contributed by atoms with E-state index < -0.39 is 5.60 Å². The summed E-state index contributed by atoms with van der Waals surface area (Å²) in [5.41, 5.74) is 0.330. The molecule has 2 aromatic rings. The lowest BCUT2D eigenvalue weighted by Crippen LogP contribution is -2.34. The fourth-order valence-electron chi connectivity index (χ4n) is 2.82. The van der Waals surface area contributed by atoms with Crippen LogP contribution in [0.3, 0.4) is 0 Å². The molecule has 1 fully saturated rings. The molecule has 22 heavy (non-hydrogen) atoms. The highest BCUT2D eigenvalue weighted by atomic mass is 16.6. The van der Waals surface area contributed by atoms with Crippen molar-refractivity contribution in [3.8, 4) is 0 Å². The van der Waals surface area contributed by atoms with E-state index in [4.69, 9.17) is 4.74 Å². The van der Waals surface area contributed by atoms with Gasteiger partial charge in [-0.05, 0) is 31.9 Å². The zero-order valence-corrected chi connectivity index (χ0v) is 12.6. The zero-order chi connectivity index (χ0) is 15.6. The van der Waals surface area contributed by atoms with Crippen LogP contribution in [0.4, 0.5) is 4.79 Å². The number of pyridine rings is 1. The van der Waals surface area contributed by atoms with Gasteiger partial charge in [-0.25, -0.2) is 14.8 Å². The molecule has 3 heterocycles. The molecule has 0 spiro atoms. The number of aliphatic hydroxyl groups is 1. The monoisotopic (exact) mass is 304 g/mol. The largest absolute Gasteiger partial charge is 0.450 e. The predicted octanol–water partition coefficient (Wildman–Crippen LogP) is 1.79.